The summed E-state index contributed by atoms with van der Waals surface area (Å²) in [7, 11) is 0. The summed E-state index contributed by atoms with van der Waals surface area (Å²) in [5.41, 5.74) is 0. The van der Waals surface area contributed by atoms with Crippen molar-refractivity contribution in [1.82, 2.24) is 10.2 Å². The number of nitrogens with one attached hydrogen (secondary N) is 1. The van der Waals surface area contributed by atoms with Gasteiger partial charge in [0.2, 0.25) is 0 Å². The van der Waals surface area contributed by atoms with E-state index in [1.54, 1.807) is 0 Å². The summed E-state index contributed by atoms with van der Waals surface area (Å²) in [6.07, 6.45) is 11.7. The van der Waals surface area contributed by atoms with Crippen molar-refractivity contribution in [3.05, 3.63) is 0 Å². The molecule has 3 fully saturated rings. The van der Waals surface area contributed by atoms with E-state index in [9.17, 15) is 0 Å². The zero-order chi connectivity index (χ0) is 11.5. The lowest BCUT2D eigenvalue weighted by atomic mass is 9.84. The van der Waals surface area contributed by atoms with Crippen molar-refractivity contribution in [2.24, 2.45) is 11.8 Å². The Kier molecular flexibility index (Phi) is 4.02. The summed E-state index contributed by atoms with van der Waals surface area (Å²) >= 11 is 0. The van der Waals surface area contributed by atoms with Gasteiger partial charge in [-0.25, -0.2) is 0 Å². The van der Waals surface area contributed by atoms with Crippen LogP contribution in [0.3, 0.4) is 0 Å². The highest BCUT2D eigenvalue weighted by molar-refractivity contribution is 4.83. The highest BCUT2D eigenvalue weighted by atomic mass is 15.2. The molecule has 17 heavy (non-hydrogen) atoms. The van der Waals surface area contributed by atoms with Gasteiger partial charge in [-0.05, 0) is 63.5 Å². The van der Waals surface area contributed by atoms with E-state index in [0.29, 0.717) is 0 Å². The van der Waals surface area contributed by atoms with Gasteiger partial charge in [-0.2, -0.15) is 0 Å². The summed E-state index contributed by atoms with van der Waals surface area (Å²) in [5, 5.41) is 3.82. The molecule has 98 valence electrons. The van der Waals surface area contributed by atoms with Crippen molar-refractivity contribution in [3.8, 4) is 0 Å². The van der Waals surface area contributed by atoms with Gasteiger partial charge in [0, 0.05) is 19.1 Å². The molecule has 0 aromatic heterocycles. The maximum Gasteiger partial charge on any atom is 0.0195 e. The van der Waals surface area contributed by atoms with Gasteiger partial charge in [0.05, 0.1) is 0 Å². The molecule has 2 saturated carbocycles. The summed E-state index contributed by atoms with van der Waals surface area (Å²) < 4.78 is 0. The van der Waals surface area contributed by atoms with Gasteiger partial charge in [0.25, 0.3) is 0 Å². The number of hydrogen-bond acceptors (Lipinski definition) is 2. The van der Waals surface area contributed by atoms with Crippen LogP contribution >= 0.6 is 0 Å². The Morgan fingerprint density at radius 1 is 0.882 bits per heavy atom. The molecule has 2 nitrogen and oxygen atoms in total. The second kappa shape index (κ2) is 5.71. The predicted octanol–water partition coefficient (Wildman–Crippen LogP) is 2.64. The summed E-state index contributed by atoms with van der Waals surface area (Å²) in [4.78, 5) is 2.73. The summed E-state index contributed by atoms with van der Waals surface area (Å²) in [5.74, 6) is 2.05. The molecule has 1 aliphatic heterocycles. The topological polar surface area (TPSA) is 15.3 Å². The molecule has 1 heterocycles. The standard InChI is InChI=1S/C15H28N2/c1-4-13(5-1)10-16-15-8-3-9-17(12-15)11-14-6-2-7-14/h13-16H,1-12H2. The quantitative estimate of drug-likeness (QED) is 0.789. The van der Waals surface area contributed by atoms with Crippen LogP contribution in [0.1, 0.15) is 51.4 Å². The minimum atomic E-state index is 0.796. The maximum atomic E-state index is 3.82. The fourth-order valence-electron chi connectivity index (χ4n) is 3.46. The van der Waals surface area contributed by atoms with E-state index < -0.39 is 0 Å². The van der Waals surface area contributed by atoms with Crippen LogP contribution in [-0.4, -0.2) is 37.1 Å². The Hall–Kier alpha value is -0.0800. The zero-order valence-corrected chi connectivity index (χ0v) is 11.2. The molecule has 3 rings (SSSR count). The molecule has 3 aliphatic rings. The summed E-state index contributed by atoms with van der Waals surface area (Å²) in [6.45, 7) is 5.37. The average molecular weight is 236 g/mol. The van der Waals surface area contributed by atoms with E-state index in [0.717, 1.165) is 17.9 Å². The van der Waals surface area contributed by atoms with Crippen molar-refractivity contribution in [2.75, 3.05) is 26.2 Å². The van der Waals surface area contributed by atoms with Crippen LogP contribution in [0, 0.1) is 11.8 Å². The lowest BCUT2D eigenvalue weighted by Crippen LogP contribution is -2.49. The van der Waals surface area contributed by atoms with Crippen LogP contribution < -0.4 is 5.32 Å². The molecule has 0 radical (unpaired) electrons. The van der Waals surface area contributed by atoms with Crippen LogP contribution in [0.2, 0.25) is 0 Å². The van der Waals surface area contributed by atoms with Gasteiger partial charge < -0.3 is 10.2 Å². The SMILES string of the molecule is C1CC(CNC2CCCN(CC3CCC3)C2)C1. The Labute approximate surface area is 106 Å². The normalized spacial score (nSPS) is 32.1. The molecule has 0 spiro atoms. The monoisotopic (exact) mass is 236 g/mol. The van der Waals surface area contributed by atoms with E-state index in [-0.39, 0.29) is 0 Å². The smallest absolute Gasteiger partial charge is 0.0195 e. The Bertz CT molecular complexity index is 233. The molecule has 0 amide bonds. The third kappa shape index (κ3) is 3.23. The van der Waals surface area contributed by atoms with E-state index in [4.69, 9.17) is 0 Å². The fraction of sp³-hybridized carbons (Fsp3) is 1.00. The first-order valence-corrected chi connectivity index (χ1v) is 7.86. The van der Waals surface area contributed by atoms with Gasteiger partial charge in [0.15, 0.2) is 0 Å². The van der Waals surface area contributed by atoms with Crippen molar-refractivity contribution in [3.63, 3.8) is 0 Å². The van der Waals surface area contributed by atoms with E-state index >= 15 is 0 Å². The van der Waals surface area contributed by atoms with Gasteiger partial charge in [-0.15, -0.1) is 0 Å². The van der Waals surface area contributed by atoms with Gasteiger partial charge in [-0.3, -0.25) is 0 Å². The number of hydrogen-bond donors (Lipinski definition) is 1. The van der Waals surface area contributed by atoms with Crippen molar-refractivity contribution in [2.45, 2.75) is 57.4 Å². The number of nitrogens with zero attached hydrogens (tertiary/aromatic N) is 1. The molecular formula is C15H28N2. The van der Waals surface area contributed by atoms with Crippen molar-refractivity contribution >= 4 is 0 Å². The van der Waals surface area contributed by atoms with Crippen LogP contribution in [0.25, 0.3) is 0 Å². The number of rotatable bonds is 5. The van der Waals surface area contributed by atoms with Crippen LogP contribution in [0.15, 0.2) is 0 Å². The van der Waals surface area contributed by atoms with E-state index in [1.807, 2.05) is 0 Å². The highest BCUT2D eigenvalue weighted by Gasteiger charge is 2.26. The highest BCUT2D eigenvalue weighted by Crippen LogP contribution is 2.28. The molecule has 0 bridgehead atoms. The Morgan fingerprint density at radius 3 is 2.29 bits per heavy atom. The Balaban J connectivity index is 1.36. The van der Waals surface area contributed by atoms with Gasteiger partial charge in [-0.1, -0.05) is 12.8 Å². The third-order valence-corrected chi connectivity index (χ3v) is 5.17. The van der Waals surface area contributed by atoms with Gasteiger partial charge in [0.1, 0.15) is 0 Å². The first kappa shape index (κ1) is 12.0. The molecule has 1 saturated heterocycles. The lowest BCUT2D eigenvalue weighted by Gasteiger charge is -2.38. The third-order valence-electron chi connectivity index (χ3n) is 5.17. The molecule has 1 unspecified atom stereocenters. The van der Waals surface area contributed by atoms with Crippen LogP contribution in [0.5, 0.6) is 0 Å². The van der Waals surface area contributed by atoms with Crippen molar-refractivity contribution in [1.29, 1.82) is 0 Å². The molecule has 1 atom stereocenters. The number of piperidine rings is 1. The number of likely N-dealkylation sites (tertiary alicyclic amines) is 1. The molecule has 2 heteroatoms. The first-order valence-electron chi connectivity index (χ1n) is 7.86. The second-order valence-electron chi connectivity index (χ2n) is 6.60. The van der Waals surface area contributed by atoms with E-state index in [2.05, 4.69) is 10.2 Å². The molecule has 1 N–H and O–H groups in total. The summed E-state index contributed by atoms with van der Waals surface area (Å²) in [6, 6.07) is 0.796. The fourth-order valence-corrected chi connectivity index (χ4v) is 3.46. The predicted molar refractivity (Wildman–Crippen MR) is 72.1 cm³/mol. The van der Waals surface area contributed by atoms with Crippen LogP contribution in [0.4, 0.5) is 0 Å². The average Bonchev–Trinajstić information content (AvgIpc) is 2.22. The van der Waals surface area contributed by atoms with Crippen LogP contribution in [-0.2, 0) is 0 Å². The van der Waals surface area contributed by atoms with Crippen molar-refractivity contribution < 1.29 is 0 Å². The minimum Gasteiger partial charge on any atom is -0.312 e. The minimum absolute atomic E-state index is 0.796. The lowest BCUT2D eigenvalue weighted by molar-refractivity contribution is 0.131. The first-order chi connectivity index (χ1) is 8.40. The molecular weight excluding hydrogens is 208 g/mol. The second-order valence-corrected chi connectivity index (χ2v) is 6.60. The van der Waals surface area contributed by atoms with E-state index in [1.165, 1.54) is 77.5 Å². The molecule has 2 aliphatic carbocycles. The largest absolute Gasteiger partial charge is 0.312 e. The zero-order valence-electron chi connectivity index (χ0n) is 11.2. The molecule has 0 aromatic rings. The van der Waals surface area contributed by atoms with Gasteiger partial charge >= 0.3 is 0 Å². The molecule has 0 aromatic carbocycles. The Morgan fingerprint density at radius 2 is 1.65 bits per heavy atom. The maximum absolute atomic E-state index is 3.82.